The van der Waals surface area contributed by atoms with E-state index in [0.29, 0.717) is 16.8 Å². The molecule has 2 aromatic rings. The second-order valence-corrected chi connectivity index (χ2v) is 5.50. The number of esters is 2. The monoisotopic (exact) mass is 344 g/mol. The molecule has 0 saturated carbocycles. The first kappa shape index (κ1) is 18.4. The lowest BCUT2D eigenvalue weighted by molar-refractivity contribution is 0.0316. The van der Waals surface area contributed by atoms with Gasteiger partial charge in [-0.05, 0) is 45.4 Å². The standard InChI is InChI=1S/C18H20N2O5/c1-5-24-18(23)14-10(2)15(20-11(14)3)16(21)12(4)25-17(22)13-7-6-8-19-9-13/h6-9,12,20H,5H2,1-4H3/t12-/m1/s1. The topological polar surface area (TPSA) is 98.4 Å². The van der Waals surface area contributed by atoms with Crippen LogP contribution in [0, 0.1) is 13.8 Å². The Kier molecular flexibility index (Phi) is 5.69. The summed E-state index contributed by atoms with van der Waals surface area (Å²) >= 11 is 0. The third-order valence-corrected chi connectivity index (χ3v) is 3.71. The molecule has 2 rings (SSSR count). The number of hydrogen-bond acceptors (Lipinski definition) is 6. The zero-order valence-corrected chi connectivity index (χ0v) is 14.6. The van der Waals surface area contributed by atoms with Gasteiger partial charge in [0.05, 0.1) is 23.4 Å². The van der Waals surface area contributed by atoms with E-state index in [-0.39, 0.29) is 17.9 Å². The summed E-state index contributed by atoms with van der Waals surface area (Å²) in [6.07, 6.45) is 1.88. The van der Waals surface area contributed by atoms with Crippen molar-refractivity contribution in [3.63, 3.8) is 0 Å². The van der Waals surface area contributed by atoms with Crippen LogP contribution in [0.25, 0.3) is 0 Å². The molecular formula is C18H20N2O5. The summed E-state index contributed by atoms with van der Waals surface area (Å²) in [7, 11) is 0. The number of carbonyl (C=O) groups excluding carboxylic acids is 3. The van der Waals surface area contributed by atoms with Crippen molar-refractivity contribution in [2.45, 2.75) is 33.8 Å². The molecule has 0 spiro atoms. The van der Waals surface area contributed by atoms with Gasteiger partial charge in [0.15, 0.2) is 6.10 Å². The van der Waals surface area contributed by atoms with Crippen LogP contribution in [0.5, 0.6) is 0 Å². The van der Waals surface area contributed by atoms with Crippen LogP contribution in [-0.2, 0) is 9.47 Å². The number of ether oxygens (including phenoxy) is 2. The number of nitrogens with zero attached hydrogens (tertiary/aromatic N) is 1. The van der Waals surface area contributed by atoms with Crippen LogP contribution in [0.15, 0.2) is 24.5 Å². The maximum absolute atomic E-state index is 12.6. The molecule has 25 heavy (non-hydrogen) atoms. The average molecular weight is 344 g/mol. The predicted molar refractivity (Wildman–Crippen MR) is 89.7 cm³/mol. The Morgan fingerprint density at radius 1 is 1.24 bits per heavy atom. The van der Waals surface area contributed by atoms with Crippen LogP contribution in [-0.4, -0.2) is 40.4 Å². The van der Waals surface area contributed by atoms with Crippen molar-refractivity contribution in [2.75, 3.05) is 6.61 Å². The van der Waals surface area contributed by atoms with E-state index < -0.39 is 23.8 Å². The molecule has 0 radical (unpaired) electrons. The second-order valence-electron chi connectivity index (χ2n) is 5.50. The molecule has 0 aromatic carbocycles. The zero-order chi connectivity index (χ0) is 18.6. The number of aromatic amines is 1. The number of ketones is 1. The van der Waals surface area contributed by atoms with Crippen molar-refractivity contribution in [3.8, 4) is 0 Å². The SMILES string of the molecule is CCOC(=O)c1c(C)[nH]c(C(=O)[C@@H](C)OC(=O)c2cccnc2)c1C. The number of rotatable bonds is 6. The Hall–Kier alpha value is -2.96. The van der Waals surface area contributed by atoms with Gasteiger partial charge in [-0.1, -0.05) is 0 Å². The third kappa shape index (κ3) is 3.93. The number of carbonyl (C=O) groups is 3. The highest BCUT2D eigenvalue weighted by Gasteiger charge is 2.27. The number of nitrogens with one attached hydrogen (secondary N) is 1. The molecule has 0 saturated heterocycles. The van der Waals surface area contributed by atoms with Crippen molar-refractivity contribution < 1.29 is 23.9 Å². The predicted octanol–water partition coefficient (Wildman–Crippen LogP) is 2.63. The highest BCUT2D eigenvalue weighted by Crippen LogP contribution is 2.21. The number of Topliss-reactive ketones (excluding diaryl/α,β-unsaturated/α-hetero) is 1. The summed E-state index contributed by atoms with van der Waals surface area (Å²) in [6.45, 7) is 6.77. The molecular weight excluding hydrogens is 324 g/mol. The minimum atomic E-state index is -1.01. The Labute approximate surface area is 145 Å². The van der Waals surface area contributed by atoms with Gasteiger partial charge >= 0.3 is 11.9 Å². The van der Waals surface area contributed by atoms with E-state index in [1.165, 1.54) is 19.3 Å². The highest BCUT2D eigenvalue weighted by atomic mass is 16.5. The molecule has 0 unspecified atom stereocenters. The number of pyridine rings is 1. The number of H-pyrrole nitrogens is 1. The van der Waals surface area contributed by atoms with Gasteiger partial charge < -0.3 is 14.5 Å². The molecule has 2 heterocycles. The van der Waals surface area contributed by atoms with Crippen molar-refractivity contribution in [3.05, 3.63) is 52.6 Å². The summed E-state index contributed by atoms with van der Waals surface area (Å²) in [4.78, 5) is 43.4. The number of hydrogen-bond donors (Lipinski definition) is 1. The van der Waals surface area contributed by atoms with E-state index in [1.54, 1.807) is 32.9 Å². The lowest BCUT2D eigenvalue weighted by atomic mass is 10.1. The van der Waals surface area contributed by atoms with Crippen LogP contribution < -0.4 is 0 Å². The molecule has 0 fully saturated rings. The first-order valence-corrected chi connectivity index (χ1v) is 7.88. The van der Waals surface area contributed by atoms with Crippen molar-refractivity contribution in [1.82, 2.24) is 9.97 Å². The van der Waals surface area contributed by atoms with Gasteiger partial charge in [0.25, 0.3) is 0 Å². The lowest BCUT2D eigenvalue weighted by Gasteiger charge is -2.12. The largest absolute Gasteiger partial charge is 0.462 e. The highest BCUT2D eigenvalue weighted by molar-refractivity contribution is 6.04. The van der Waals surface area contributed by atoms with Crippen LogP contribution in [0.2, 0.25) is 0 Å². The van der Waals surface area contributed by atoms with Gasteiger partial charge in [0.1, 0.15) is 0 Å². The zero-order valence-electron chi connectivity index (χ0n) is 14.6. The molecule has 0 aliphatic carbocycles. The molecule has 7 heteroatoms. The van der Waals surface area contributed by atoms with Crippen molar-refractivity contribution in [2.24, 2.45) is 0 Å². The molecule has 1 N–H and O–H groups in total. The first-order valence-electron chi connectivity index (χ1n) is 7.88. The van der Waals surface area contributed by atoms with E-state index in [9.17, 15) is 14.4 Å². The fourth-order valence-corrected chi connectivity index (χ4v) is 2.47. The van der Waals surface area contributed by atoms with Crippen LogP contribution in [0.1, 0.15) is 56.3 Å². The minimum Gasteiger partial charge on any atom is -0.462 e. The Bertz CT molecular complexity index is 795. The quantitative estimate of drug-likeness (QED) is 0.639. The summed E-state index contributed by atoms with van der Waals surface area (Å²) in [5, 5.41) is 0. The normalized spacial score (nSPS) is 11.7. The summed E-state index contributed by atoms with van der Waals surface area (Å²) in [5.41, 5.74) is 1.83. The van der Waals surface area contributed by atoms with E-state index in [2.05, 4.69) is 9.97 Å². The Morgan fingerprint density at radius 3 is 2.56 bits per heavy atom. The number of aryl methyl sites for hydroxylation is 1. The molecule has 0 amide bonds. The summed E-state index contributed by atoms with van der Waals surface area (Å²) in [6, 6.07) is 3.16. The third-order valence-electron chi connectivity index (χ3n) is 3.71. The Balaban J connectivity index is 2.19. The van der Waals surface area contributed by atoms with E-state index in [1.807, 2.05) is 0 Å². The molecule has 7 nitrogen and oxygen atoms in total. The fraction of sp³-hybridized carbons (Fsp3) is 0.333. The van der Waals surface area contributed by atoms with Crippen LogP contribution in [0.4, 0.5) is 0 Å². The number of aromatic nitrogens is 2. The van der Waals surface area contributed by atoms with Gasteiger partial charge in [0.2, 0.25) is 5.78 Å². The van der Waals surface area contributed by atoms with E-state index >= 15 is 0 Å². The van der Waals surface area contributed by atoms with Crippen molar-refractivity contribution in [1.29, 1.82) is 0 Å². The molecule has 0 aliphatic rings. The van der Waals surface area contributed by atoms with E-state index in [4.69, 9.17) is 9.47 Å². The summed E-state index contributed by atoms with van der Waals surface area (Å²) in [5.74, 6) is -1.55. The minimum absolute atomic E-state index is 0.229. The smallest absolute Gasteiger partial charge is 0.340 e. The molecule has 0 bridgehead atoms. The maximum Gasteiger partial charge on any atom is 0.340 e. The Morgan fingerprint density at radius 2 is 1.96 bits per heavy atom. The maximum atomic E-state index is 12.6. The van der Waals surface area contributed by atoms with Crippen LogP contribution >= 0.6 is 0 Å². The van der Waals surface area contributed by atoms with Gasteiger partial charge in [-0.3, -0.25) is 9.78 Å². The lowest BCUT2D eigenvalue weighted by Crippen LogP contribution is -2.25. The second kappa shape index (κ2) is 7.74. The molecule has 0 aliphatic heterocycles. The van der Waals surface area contributed by atoms with Gasteiger partial charge in [-0.25, -0.2) is 9.59 Å². The van der Waals surface area contributed by atoms with Gasteiger partial charge in [0, 0.05) is 18.1 Å². The first-order chi connectivity index (χ1) is 11.9. The molecule has 132 valence electrons. The molecule has 1 atom stereocenters. The van der Waals surface area contributed by atoms with Gasteiger partial charge in [-0.2, -0.15) is 0 Å². The van der Waals surface area contributed by atoms with Crippen LogP contribution in [0.3, 0.4) is 0 Å². The molecule has 2 aromatic heterocycles. The van der Waals surface area contributed by atoms with Crippen molar-refractivity contribution >= 4 is 17.7 Å². The summed E-state index contributed by atoms with van der Waals surface area (Å²) < 4.78 is 10.2. The fourth-order valence-electron chi connectivity index (χ4n) is 2.47. The average Bonchev–Trinajstić information content (AvgIpc) is 2.89. The van der Waals surface area contributed by atoms with Gasteiger partial charge in [-0.15, -0.1) is 0 Å². The van der Waals surface area contributed by atoms with E-state index in [0.717, 1.165) is 0 Å².